The Morgan fingerprint density at radius 1 is 0.812 bits per heavy atom. The van der Waals surface area contributed by atoms with Crippen LogP contribution in [0.3, 0.4) is 0 Å². The Hall–Kier alpha value is -1.72. The molecule has 0 amide bonds. The molecule has 0 N–H and O–H groups in total. The number of aldehydes is 2. The van der Waals surface area contributed by atoms with E-state index in [1.807, 2.05) is 0 Å². The normalized spacial score (nSPS) is 9.25. The summed E-state index contributed by atoms with van der Waals surface area (Å²) in [5.41, 5.74) is 0. The Labute approximate surface area is 92.9 Å². The highest BCUT2D eigenvalue weighted by Crippen LogP contribution is 1.96. The van der Waals surface area contributed by atoms with Crippen molar-refractivity contribution in [3.63, 3.8) is 0 Å². The molecule has 90 valence electrons. The topological polar surface area (TPSA) is 86.7 Å². The number of esters is 2. The van der Waals surface area contributed by atoms with E-state index in [0.717, 1.165) is 0 Å². The maximum atomic E-state index is 11.0. The number of carbonyl (C=O) groups is 4. The SMILES string of the molecule is O=CCCOC(=O)CCC(=O)OCCC=O. The average Bonchev–Trinajstić information content (AvgIpc) is 2.27. The number of ether oxygens (including phenoxy) is 2. The van der Waals surface area contributed by atoms with Crippen LogP contribution < -0.4 is 0 Å². The molecule has 0 aromatic rings. The average molecular weight is 230 g/mol. The molecule has 0 saturated carbocycles. The second-order valence-corrected chi connectivity index (χ2v) is 2.85. The van der Waals surface area contributed by atoms with Crippen molar-refractivity contribution in [2.24, 2.45) is 0 Å². The van der Waals surface area contributed by atoms with Gasteiger partial charge in [-0.05, 0) is 0 Å². The van der Waals surface area contributed by atoms with E-state index >= 15 is 0 Å². The molecular weight excluding hydrogens is 216 g/mol. The zero-order chi connectivity index (χ0) is 12.2. The molecule has 0 rings (SSSR count). The van der Waals surface area contributed by atoms with Gasteiger partial charge in [0.2, 0.25) is 0 Å². The van der Waals surface area contributed by atoms with Gasteiger partial charge in [-0.1, -0.05) is 0 Å². The summed E-state index contributed by atoms with van der Waals surface area (Å²) in [6.45, 7) is 0.0606. The molecule has 0 saturated heterocycles. The first-order chi connectivity index (χ1) is 7.70. The predicted octanol–water partition coefficient (Wildman–Crippen LogP) is 0.0310. The van der Waals surface area contributed by atoms with E-state index in [4.69, 9.17) is 0 Å². The zero-order valence-electron chi connectivity index (χ0n) is 8.85. The van der Waals surface area contributed by atoms with Crippen molar-refractivity contribution in [3.05, 3.63) is 0 Å². The van der Waals surface area contributed by atoms with Crippen LogP contribution in [-0.2, 0) is 28.7 Å². The van der Waals surface area contributed by atoms with E-state index in [2.05, 4.69) is 9.47 Å². The van der Waals surface area contributed by atoms with Crippen molar-refractivity contribution in [1.29, 1.82) is 0 Å². The first-order valence-corrected chi connectivity index (χ1v) is 4.89. The van der Waals surface area contributed by atoms with Crippen molar-refractivity contribution in [2.45, 2.75) is 25.7 Å². The van der Waals surface area contributed by atoms with Crippen LogP contribution in [0.4, 0.5) is 0 Å². The minimum Gasteiger partial charge on any atom is -0.465 e. The number of hydrogen-bond donors (Lipinski definition) is 0. The molecule has 0 fully saturated rings. The lowest BCUT2D eigenvalue weighted by atomic mass is 10.3. The fourth-order valence-electron chi connectivity index (χ4n) is 0.790. The molecule has 0 atom stereocenters. The highest BCUT2D eigenvalue weighted by atomic mass is 16.5. The van der Waals surface area contributed by atoms with Gasteiger partial charge < -0.3 is 19.1 Å². The van der Waals surface area contributed by atoms with Crippen LogP contribution in [0.25, 0.3) is 0 Å². The Morgan fingerprint density at radius 3 is 1.50 bits per heavy atom. The van der Waals surface area contributed by atoms with Gasteiger partial charge in [0, 0.05) is 12.8 Å². The van der Waals surface area contributed by atoms with Gasteiger partial charge in [-0.2, -0.15) is 0 Å². The highest BCUT2D eigenvalue weighted by molar-refractivity contribution is 5.77. The third-order valence-corrected chi connectivity index (χ3v) is 1.53. The third kappa shape index (κ3) is 8.86. The summed E-state index contributed by atoms with van der Waals surface area (Å²) < 4.78 is 9.25. The van der Waals surface area contributed by atoms with Crippen molar-refractivity contribution in [1.82, 2.24) is 0 Å². The van der Waals surface area contributed by atoms with Gasteiger partial charge in [0.25, 0.3) is 0 Å². The van der Waals surface area contributed by atoms with E-state index in [0.29, 0.717) is 12.6 Å². The molecule has 0 unspecified atom stereocenters. The summed E-state index contributed by atoms with van der Waals surface area (Å²) in [6.07, 6.45) is 1.41. The second-order valence-electron chi connectivity index (χ2n) is 2.85. The van der Waals surface area contributed by atoms with Gasteiger partial charge in [-0.15, -0.1) is 0 Å². The molecule has 6 heteroatoms. The Kier molecular flexibility index (Phi) is 8.76. The van der Waals surface area contributed by atoms with Crippen LogP contribution in [0.5, 0.6) is 0 Å². The molecule has 0 heterocycles. The first-order valence-electron chi connectivity index (χ1n) is 4.89. The number of rotatable bonds is 9. The number of carbonyl (C=O) groups excluding carboxylic acids is 4. The van der Waals surface area contributed by atoms with E-state index in [1.165, 1.54) is 0 Å². The number of hydrogen-bond acceptors (Lipinski definition) is 6. The summed E-state index contributed by atoms with van der Waals surface area (Å²) >= 11 is 0. The van der Waals surface area contributed by atoms with Crippen LogP contribution in [0.1, 0.15) is 25.7 Å². The summed E-state index contributed by atoms with van der Waals surface area (Å²) in [5.74, 6) is -1.09. The zero-order valence-corrected chi connectivity index (χ0v) is 8.85. The van der Waals surface area contributed by atoms with Gasteiger partial charge >= 0.3 is 11.9 Å². The second kappa shape index (κ2) is 9.82. The molecule has 6 nitrogen and oxygen atoms in total. The largest absolute Gasteiger partial charge is 0.465 e. The lowest BCUT2D eigenvalue weighted by molar-refractivity contribution is -0.150. The van der Waals surface area contributed by atoms with Crippen LogP contribution in [0.15, 0.2) is 0 Å². The summed E-state index contributed by atoms with van der Waals surface area (Å²) in [5, 5.41) is 0. The maximum absolute atomic E-state index is 11.0. The van der Waals surface area contributed by atoms with E-state index in [9.17, 15) is 19.2 Å². The van der Waals surface area contributed by atoms with Crippen molar-refractivity contribution >= 4 is 24.5 Å². The standard InChI is InChI=1S/C10H14O6/c11-5-1-7-15-9(13)3-4-10(14)16-8-2-6-12/h5-6H,1-4,7-8H2. The fraction of sp³-hybridized carbons (Fsp3) is 0.600. The van der Waals surface area contributed by atoms with Crippen LogP contribution in [0.2, 0.25) is 0 Å². The third-order valence-electron chi connectivity index (χ3n) is 1.53. The minimum absolute atomic E-state index is 0.0303. The molecular formula is C10H14O6. The molecule has 0 aliphatic rings. The van der Waals surface area contributed by atoms with Crippen molar-refractivity contribution in [3.8, 4) is 0 Å². The van der Waals surface area contributed by atoms with E-state index in [-0.39, 0.29) is 38.9 Å². The lowest BCUT2D eigenvalue weighted by Gasteiger charge is -2.03. The van der Waals surface area contributed by atoms with Crippen LogP contribution in [-0.4, -0.2) is 37.7 Å². The molecule has 0 aromatic heterocycles. The van der Waals surface area contributed by atoms with Gasteiger partial charge in [0.1, 0.15) is 12.6 Å². The monoisotopic (exact) mass is 230 g/mol. The van der Waals surface area contributed by atoms with Crippen molar-refractivity contribution < 1.29 is 28.7 Å². The predicted molar refractivity (Wildman–Crippen MR) is 52.5 cm³/mol. The van der Waals surface area contributed by atoms with Crippen molar-refractivity contribution in [2.75, 3.05) is 13.2 Å². The van der Waals surface area contributed by atoms with Crippen LogP contribution >= 0.6 is 0 Å². The summed E-state index contributed by atoms with van der Waals surface area (Å²) in [6, 6.07) is 0. The first kappa shape index (κ1) is 14.3. The Balaban J connectivity index is 3.47. The van der Waals surface area contributed by atoms with Gasteiger partial charge in [0.15, 0.2) is 0 Å². The molecule has 0 radical (unpaired) electrons. The highest BCUT2D eigenvalue weighted by Gasteiger charge is 2.08. The minimum atomic E-state index is -0.547. The maximum Gasteiger partial charge on any atom is 0.306 e. The molecule has 0 aliphatic heterocycles. The molecule has 16 heavy (non-hydrogen) atoms. The lowest BCUT2D eigenvalue weighted by Crippen LogP contribution is -2.11. The molecule has 0 aliphatic carbocycles. The van der Waals surface area contributed by atoms with Gasteiger partial charge in [0.05, 0.1) is 26.1 Å². The van der Waals surface area contributed by atoms with Gasteiger partial charge in [-0.25, -0.2) is 0 Å². The fourth-order valence-corrected chi connectivity index (χ4v) is 0.790. The Morgan fingerprint density at radius 2 is 1.19 bits per heavy atom. The van der Waals surface area contributed by atoms with Gasteiger partial charge in [-0.3, -0.25) is 9.59 Å². The van der Waals surface area contributed by atoms with E-state index in [1.54, 1.807) is 0 Å². The summed E-state index contributed by atoms with van der Waals surface area (Å²) in [4.78, 5) is 41.7. The summed E-state index contributed by atoms with van der Waals surface area (Å²) in [7, 11) is 0. The molecule has 0 bridgehead atoms. The smallest absolute Gasteiger partial charge is 0.306 e. The van der Waals surface area contributed by atoms with E-state index < -0.39 is 11.9 Å². The quantitative estimate of drug-likeness (QED) is 0.315. The molecule has 0 spiro atoms. The molecule has 0 aromatic carbocycles. The Bertz CT molecular complexity index is 222. The van der Waals surface area contributed by atoms with Crippen LogP contribution in [0, 0.1) is 0 Å².